The molecule has 0 bridgehead atoms. The molecule has 0 amide bonds. The Labute approximate surface area is 119 Å². The molecule has 0 atom stereocenters. The molecule has 0 spiro atoms. The van der Waals surface area contributed by atoms with Gasteiger partial charge in [0.2, 0.25) is 5.95 Å². The third kappa shape index (κ3) is 3.17. The summed E-state index contributed by atoms with van der Waals surface area (Å²) in [5, 5.41) is 3.49. The highest BCUT2D eigenvalue weighted by molar-refractivity contribution is 5.32. The normalized spacial score (nSPS) is 14.5. The number of rotatable bonds is 6. The van der Waals surface area contributed by atoms with Gasteiger partial charge in [0, 0.05) is 37.1 Å². The summed E-state index contributed by atoms with van der Waals surface area (Å²) < 4.78 is 5.34. The van der Waals surface area contributed by atoms with Crippen LogP contribution in [0.25, 0.3) is 0 Å². The van der Waals surface area contributed by atoms with E-state index in [2.05, 4.69) is 15.3 Å². The highest BCUT2D eigenvalue weighted by Gasteiger charge is 2.20. The first kappa shape index (κ1) is 13.1. The molecular weight excluding hydrogens is 252 g/mol. The Hall–Kier alpha value is -1.88. The zero-order valence-electron chi connectivity index (χ0n) is 12.0. The van der Waals surface area contributed by atoms with E-state index in [-0.39, 0.29) is 0 Å². The molecule has 0 saturated heterocycles. The summed E-state index contributed by atoms with van der Waals surface area (Å²) in [6.45, 7) is 3.57. The molecule has 20 heavy (non-hydrogen) atoms. The first-order chi connectivity index (χ1) is 9.72. The minimum absolute atomic E-state index is 0.673. The van der Waals surface area contributed by atoms with E-state index < -0.39 is 0 Å². The van der Waals surface area contributed by atoms with Crippen LogP contribution in [0, 0.1) is 6.92 Å². The highest BCUT2D eigenvalue weighted by Crippen LogP contribution is 2.20. The molecule has 5 nitrogen and oxygen atoms in total. The van der Waals surface area contributed by atoms with Crippen molar-refractivity contribution in [1.82, 2.24) is 15.3 Å². The highest BCUT2D eigenvalue weighted by atomic mass is 16.3. The smallest absolute Gasteiger partial charge is 0.225 e. The number of aryl methyl sites for hydroxylation is 1. The number of hydrogen-bond donors (Lipinski definition) is 1. The molecule has 1 aliphatic carbocycles. The summed E-state index contributed by atoms with van der Waals surface area (Å²) in [5.41, 5.74) is 2.21. The van der Waals surface area contributed by atoms with E-state index >= 15 is 0 Å². The molecule has 0 unspecified atom stereocenters. The summed E-state index contributed by atoms with van der Waals surface area (Å²) in [7, 11) is 1.97. The predicted octanol–water partition coefficient (Wildman–Crippen LogP) is 2.27. The number of aromatic nitrogens is 2. The molecule has 1 aliphatic rings. The van der Waals surface area contributed by atoms with Crippen LogP contribution < -0.4 is 10.2 Å². The molecule has 2 aromatic heterocycles. The van der Waals surface area contributed by atoms with Gasteiger partial charge < -0.3 is 14.6 Å². The van der Waals surface area contributed by atoms with Gasteiger partial charge in [-0.25, -0.2) is 9.97 Å². The van der Waals surface area contributed by atoms with Gasteiger partial charge in [0.05, 0.1) is 12.8 Å². The lowest BCUT2D eigenvalue weighted by Crippen LogP contribution is -2.21. The molecular formula is C15H20N4O. The van der Waals surface area contributed by atoms with Crippen LogP contribution in [0.5, 0.6) is 0 Å². The fourth-order valence-corrected chi connectivity index (χ4v) is 2.09. The van der Waals surface area contributed by atoms with E-state index in [1.165, 1.54) is 18.4 Å². The van der Waals surface area contributed by atoms with E-state index in [1.54, 1.807) is 6.26 Å². The van der Waals surface area contributed by atoms with Crippen LogP contribution in [0.15, 0.2) is 29.0 Å². The Morgan fingerprint density at radius 3 is 2.95 bits per heavy atom. The predicted molar refractivity (Wildman–Crippen MR) is 77.4 cm³/mol. The molecule has 1 saturated carbocycles. The lowest BCUT2D eigenvalue weighted by Gasteiger charge is -2.17. The molecule has 3 rings (SSSR count). The van der Waals surface area contributed by atoms with Crippen LogP contribution in [-0.4, -0.2) is 23.1 Å². The number of hydrogen-bond acceptors (Lipinski definition) is 5. The average Bonchev–Trinajstić information content (AvgIpc) is 3.13. The van der Waals surface area contributed by atoms with Crippen LogP contribution >= 0.6 is 0 Å². The SMILES string of the molecule is Cc1nc(N(C)Cc2ccco2)ncc1CNC1CC1. The van der Waals surface area contributed by atoms with Gasteiger partial charge in [0.25, 0.3) is 0 Å². The van der Waals surface area contributed by atoms with E-state index in [4.69, 9.17) is 4.42 Å². The summed E-state index contributed by atoms with van der Waals surface area (Å²) in [6.07, 6.45) is 6.20. The van der Waals surface area contributed by atoms with Crippen molar-refractivity contribution >= 4 is 5.95 Å². The van der Waals surface area contributed by atoms with E-state index in [0.29, 0.717) is 12.6 Å². The standard InChI is InChI=1S/C15H20N4O/c1-11-12(8-16-13-5-6-13)9-17-15(18-11)19(2)10-14-4-3-7-20-14/h3-4,7,9,13,16H,5-6,8,10H2,1-2H3. The van der Waals surface area contributed by atoms with Crippen molar-refractivity contribution in [2.24, 2.45) is 0 Å². The van der Waals surface area contributed by atoms with Crippen molar-refractivity contribution < 1.29 is 4.42 Å². The molecule has 0 radical (unpaired) electrons. The lowest BCUT2D eigenvalue weighted by molar-refractivity contribution is 0.506. The van der Waals surface area contributed by atoms with Crippen molar-refractivity contribution in [2.45, 2.75) is 38.9 Å². The largest absolute Gasteiger partial charge is 0.467 e. The van der Waals surface area contributed by atoms with Gasteiger partial charge in [-0.2, -0.15) is 0 Å². The third-order valence-electron chi connectivity index (χ3n) is 3.54. The first-order valence-corrected chi connectivity index (χ1v) is 7.02. The molecule has 1 N–H and O–H groups in total. The Morgan fingerprint density at radius 2 is 2.30 bits per heavy atom. The van der Waals surface area contributed by atoms with E-state index in [0.717, 1.165) is 23.9 Å². The quantitative estimate of drug-likeness (QED) is 0.874. The zero-order chi connectivity index (χ0) is 13.9. The maximum Gasteiger partial charge on any atom is 0.225 e. The fraction of sp³-hybridized carbons (Fsp3) is 0.467. The van der Waals surface area contributed by atoms with Crippen LogP contribution in [0.3, 0.4) is 0 Å². The van der Waals surface area contributed by atoms with Gasteiger partial charge in [-0.15, -0.1) is 0 Å². The number of furan rings is 1. The minimum atomic E-state index is 0.673. The Morgan fingerprint density at radius 1 is 1.45 bits per heavy atom. The molecule has 0 aliphatic heterocycles. The maximum atomic E-state index is 5.34. The summed E-state index contributed by atoms with van der Waals surface area (Å²) >= 11 is 0. The number of nitrogens with zero attached hydrogens (tertiary/aromatic N) is 3. The van der Waals surface area contributed by atoms with Gasteiger partial charge in [-0.05, 0) is 31.9 Å². The average molecular weight is 272 g/mol. The second kappa shape index (κ2) is 5.63. The van der Waals surface area contributed by atoms with E-state index in [9.17, 15) is 0 Å². The fourth-order valence-electron chi connectivity index (χ4n) is 2.09. The summed E-state index contributed by atoms with van der Waals surface area (Å²) in [5.74, 6) is 1.64. The molecule has 2 aromatic rings. The van der Waals surface area contributed by atoms with E-state index in [1.807, 2.05) is 37.2 Å². The molecule has 106 valence electrons. The van der Waals surface area contributed by atoms with Crippen molar-refractivity contribution in [1.29, 1.82) is 0 Å². The van der Waals surface area contributed by atoms with Crippen molar-refractivity contribution in [3.05, 3.63) is 41.6 Å². The molecule has 5 heteroatoms. The first-order valence-electron chi connectivity index (χ1n) is 7.02. The molecule has 2 heterocycles. The maximum absolute atomic E-state index is 5.34. The number of anilines is 1. The van der Waals surface area contributed by atoms with Gasteiger partial charge in [-0.1, -0.05) is 0 Å². The monoisotopic (exact) mass is 272 g/mol. The van der Waals surface area contributed by atoms with Gasteiger partial charge in [0.15, 0.2) is 0 Å². The third-order valence-corrected chi connectivity index (χ3v) is 3.54. The summed E-state index contributed by atoms with van der Waals surface area (Å²) in [4.78, 5) is 11.0. The number of nitrogens with one attached hydrogen (secondary N) is 1. The lowest BCUT2D eigenvalue weighted by atomic mass is 10.2. The van der Waals surface area contributed by atoms with Crippen LogP contribution in [0.1, 0.15) is 29.9 Å². The molecule has 0 aromatic carbocycles. The van der Waals surface area contributed by atoms with Gasteiger partial charge in [-0.3, -0.25) is 0 Å². The minimum Gasteiger partial charge on any atom is -0.467 e. The Balaban J connectivity index is 1.65. The summed E-state index contributed by atoms with van der Waals surface area (Å²) in [6, 6.07) is 4.55. The van der Waals surface area contributed by atoms with Crippen molar-refractivity contribution in [2.75, 3.05) is 11.9 Å². The van der Waals surface area contributed by atoms with Crippen LogP contribution in [0.2, 0.25) is 0 Å². The second-order valence-corrected chi connectivity index (χ2v) is 5.37. The van der Waals surface area contributed by atoms with Gasteiger partial charge >= 0.3 is 0 Å². The van der Waals surface area contributed by atoms with Gasteiger partial charge in [0.1, 0.15) is 5.76 Å². The Kier molecular flexibility index (Phi) is 3.69. The van der Waals surface area contributed by atoms with Crippen LogP contribution in [0.4, 0.5) is 5.95 Å². The van der Waals surface area contributed by atoms with Crippen molar-refractivity contribution in [3.63, 3.8) is 0 Å². The van der Waals surface area contributed by atoms with Crippen molar-refractivity contribution in [3.8, 4) is 0 Å². The Bertz CT molecular complexity index is 563. The zero-order valence-corrected chi connectivity index (χ0v) is 12.0. The topological polar surface area (TPSA) is 54.2 Å². The van der Waals surface area contributed by atoms with Crippen LogP contribution in [-0.2, 0) is 13.1 Å². The molecule has 1 fully saturated rings. The second-order valence-electron chi connectivity index (χ2n) is 5.37.